The standard InChI is InChI=1S/C50H42N2/c1-5-51-50(43-23-14-9-7-6-8-11-19-35(2)37(43)4)34-49(38-20-12-10-13-21-38)52-48-26-18-17-25-45(48)46-32-39(28-27-36(46)3)40-29-30-42-31-41-22-15-16-24-44(41)47(42)33-40/h5-6,8-30,32-34H,31H2,1-4H3/b11-8-,23-14-,35-19+,43-37-,50-34-,51-5?,52-49?. The second-order valence-electron chi connectivity index (χ2n) is 13.2. The van der Waals surface area contributed by atoms with Crippen molar-refractivity contribution in [2.24, 2.45) is 9.98 Å². The van der Waals surface area contributed by atoms with Crippen molar-refractivity contribution < 1.29 is 0 Å². The van der Waals surface area contributed by atoms with Gasteiger partial charge in [0.15, 0.2) is 0 Å². The Balaban J connectivity index is 1.36. The second-order valence-corrected chi connectivity index (χ2v) is 13.2. The molecule has 52 heavy (non-hydrogen) atoms. The molecule has 5 aromatic rings. The van der Waals surface area contributed by atoms with E-state index < -0.39 is 0 Å². The molecule has 0 atom stereocenters. The van der Waals surface area contributed by atoms with Gasteiger partial charge in [-0.1, -0.05) is 127 Å². The minimum absolute atomic E-state index is 0.833. The molecule has 0 heterocycles. The fourth-order valence-corrected chi connectivity index (χ4v) is 6.87. The van der Waals surface area contributed by atoms with Crippen molar-refractivity contribution in [1.82, 2.24) is 0 Å². The summed E-state index contributed by atoms with van der Waals surface area (Å²) < 4.78 is 0. The number of hydrogen-bond donors (Lipinski definition) is 0. The largest absolute Gasteiger partial charge is 0.261 e. The molecule has 0 unspecified atom stereocenters. The molecule has 7 rings (SSSR count). The van der Waals surface area contributed by atoms with Gasteiger partial charge >= 0.3 is 0 Å². The highest BCUT2D eigenvalue weighted by Crippen LogP contribution is 2.41. The topological polar surface area (TPSA) is 24.7 Å². The van der Waals surface area contributed by atoms with Crippen LogP contribution in [0.4, 0.5) is 5.69 Å². The summed E-state index contributed by atoms with van der Waals surface area (Å²) in [4.78, 5) is 10.4. The summed E-state index contributed by atoms with van der Waals surface area (Å²) in [6.45, 7) is 8.42. The molecule has 0 aromatic heterocycles. The zero-order valence-electron chi connectivity index (χ0n) is 30.3. The molecule has 0 saturated carbocycles. The summed E-state index contributed by atoms with van der Waals surface area (Å²) in [6, 6.07) is 41.3. The number of nitrogens with zero attached hydrogens (tertiary/aromatic N) is 2. The average molecular weight is 671 g/mol. The fraction of sp³-hybridized carbons (Fsp3) is 0.100. The van der Waals surface area contributed by atoms with E-state index in [1.807, 2.05) is 49.6 Å². The van der Waals surface area contributed by atoms with Gasteiger partial charge in [-0.05, 0) is 126 Å². The van der Waals surface area contributed by atoms with Gasteiger partial charge in [0.2, 0.25) is 0 Å². The highest BCUT2D eigenvalue weighted by atomic mass is 14.8. The van der Waals surface area contributed by atoms with E-state index in [4.69, 9.17) is 9.98 Å². The normalized spacial score (nSPS) is 18.0. The Labute approximate surface area is 308 Å². The fourth-order valence-electron chi connectivity index (χ4n) is 6.87. The minimum Gasteiger partial charge on any atom is -0.261 e. The predicted octanol–water partition coefficient (Wildman–Crippen LogP) is 13.1. The third-order valence-corrected chi connectivity index (χ3v) is 9.79. The molecule has 2 nitrogen and oxygen atoms in total. The molecule has 2 aliphatic rings. The molecule has 2 heteroatoms. The van der Waals surface area contributed by atoms with Crippen molar-refractivity contribution in [3.63, 3.8) is 0 Å². The third kappa shape index (κ3) is 7.39. The van der Waals surface area contributed by atoms with Crippen LogP contribution in [0.3, 0.4) is 0 Å². The first-order chi connectivity index (χ1) is 25.5. The van der Waals surface area contributed by atoms with E-state index >= 15 is 0 Å². The van der Waals surface area contributed by atoms with Gasteiger partial charge in [-0.3, -0.25) is 4.99 Å². The van der Waals surface area contributed by atoms with Crippen molar-refractivity contribution in [3.05, 3.63) is 214 Å². The van der Waals surface area contributed by atoms with Crippen molar-refractivity contribution >= 4 is 17.6 Å². The summed E-state index contributed by atoms with van der Waals surface area (Å²) >= 11 is 0. The Hall–Kier alpha value is -6.34. The number of allylic oxidation sites excluding steroid dienone is 9. The third-order valence-electron chi connectivity index (χ3n) is 9.79. The number of hydrogen-bond acceptors (Lipinski definition) is 2. The van der Waals surface area contributed by atoms with Gasteiger partial charge in [0.05, 0.1) is 17.1 Å². The van der Waals surface area contributed by atoms with E-state index in [-0.39, 0.29) is 0 Å². The van der Waals surface area contributed by atoms with Gasteiger partial charge in [0.25, 0.3) is 0 Å². The first kappa shape index (κ1) is 34.1. The summed E-state index contributed by atoms with van der Waals surface area (Å²) in [5.74, 6) is 0. The molecule has 0 fully saturated rings. The van der Waals surface area contributed by atoms with E-state index in [1.165, 1.54) is 44.5 Å². The van der Waals surface area contributed by atoms with Crippen molar-refractivity contribution in [3.8, 4) is 33.4 Å². The summed E-state index contributed by atoms with van der Waals surface area (Å²) in [6.07, 6.45) is 19.1. The molecular weight excluding hydrogens is 629 g/mol. The van der Waals surface area contributed by atoms with E-state index in [1.54, 1.807) is 0 Å². The maximum Gasteiger partial charge on any atom is 0.0731 e. The highest BCUT2D eigenvalue weighted by Gasteiger charge is 2.19. The molecule has 0 saturated heterocycles. The molecule has 0 bridgehead atoms. The van der Waals surface area contributed by atoms with Crippen LogP contribution in [0.25, 0.3) is 33.4 Å². The van der Waals surface area contributed by atoms with Crippen LogP contribution in [0.15, 0.2) is 202 Å². The molecule has 0 amide bonds. The predicted molar refractivity (Wildman–Crippen MR) is 223 cm³/mol. The molecule has 0 aliphatic heterocycles. The van der Waals surface area contributed by atoms with Crippen LogP contribution in [-0.4, -0.2) is 11.9 Å². The Morgan fingerprint density at radius 2 is 1.35 bits per heavy atom. The highest BCUT2D eigenvalue weighted by molar-refractivity contribution is 6.11. The lowest BCUT2D eigenvalue weighted by atomic mass is 9.92. The van der Waals surface area contributed by atoms with Crippen molar-refractivity contribution in [2.45, 2.75) is 34.1 Å². The quantitative estimate of drug-likeness (QED) is 0.119. The van der Waals surface area contributed by atoms with Gasteiger partial charge in [-0.2, -0.15) is 0 Å². The molecule has 0 radical (unpaired) electrons. The monoisotopic (exact) mass is 670 g/mol. The number of rotatable bonds is 7. The van der Waals surface area contributed by atoms with E-state index in [2.05, 4.69) is 154 Å². The van der Waals surface area contributed by atoms with Crippen molar-refractivity contribution in [2.75, 3.05) is 0 Å². The van der Waals surface area contributed by atoms with Crippen LogP contribution in [0.1, 0.15) is 43.0 Å². The van der Waals surface area contributed by atoms with Crippen LogP contribution < -0.4 is 0 Å². The van der Waals surface area contributed by atoms with E-state index in [0.29, 0.717) is 0 Å². The second kappa shape index (κ2) is 15.7. The molecule has 0 spiro atoms. The molecule has 0 N–H and O–H groups in total. The lowest BCUT2D eigenvalue weighted by molar-refractivity contribution is 1.24. The molecule has 5 aromatic carbocycles. The maximum atomic E-state index is 5.44. The van der Waals surface area contributed by atoms with E-state index in [9.17, 15) is 0 Å². The zero-order valence-corrected chi connectivity index (χ0v) is 30.3. The number of aliphatic imine (C=N–C) groups is 2. The summed E-state index contributed by atoms with van der Waals surface area (Å²) in [5, 5.41) is 0. The smallest absolute Gasteiger partial charge is 0.0731 e. The first-order valence-electron chi connectivity index (χ1n) is 17.9. The van der Waals surface area contributed by atoms with E-state index in [0.717, 1.165) is 51.4 Å². The molecular formula is C50H42N2. The zero-order chi connectivity index (χ0) is 35.9. The number of para-hydroxylation sites is 1. The minimum atomic E-state index is 0.833. The average Bonchev–Trinajstić information content (AvgIpc) is 3.54. The summed E-state index contributed by atoms with van der Waals surface area (Å²) in [7, 11) is 0. The Morgan fingerprint density at radius 1 is 0.654 bits per heavy atom. The van der Waals surface area contributed by atoms with Crippen LogP contribution in [0.5, 0.6) is 0 Å². The molecule has 2 aliphatic carbocycles. The Bertz CT molecular complexity index is 2430. The van der Waals surface area contributed by atoms with Crippen LogP contribution in [0.2, 0.25) is 0 Å². The number of aryl methyl sites for hydroxylation is 1. The maximum absolute atomic E-state index is 5.44. The van der Waals surface area contributed by atoms with Gasteiger partial charge in [0.1, 0.15) is 0 Å². The lowest BCUT2D eigenvalue weighted by Crippen LogP contribution is -2.01. The van der Waals surface area contributed by atoms with Gasteiger partial charge in [-0.25, -0.2) is 4.99 Å². The van der Waals surface area contributed by atoms with Crippen LogP contribution in [0, 0.1) is 6.92 Å². The summed E-state index contributed by atoms with van der Waals surface area (Å²) in [5.41, 5.74) is 21.5. The number of benzene rings is 5. The Morgan fingerprint density at radius 3 is 2.17 bits per heavy atom. The SMILES string of the molecule is CC=NC(=C\C(=Nc1ccccc1-c1cc(-c2ccc3c(c2)-c2ccccc2C3)ccc1C)c1ccccc1)/C1=C(C)\C(C)=C\C=C/C=C=C/C=C\1. The number of fused-ring (bicyclic) bond motifs is 3. The Kier molecular flexibility index (Phi) is 10.3. The molecule has 252 valence electrons. The van der Waals surface area contributed by atoms with Crippen LogP contribution >= 0.6 is 0 Å². The van der Waals surface area contributed by atoms with Gasteiger partial charge in [-0.15, -0.1) is 5.73 Å². The van der Waals surface area contributed by atoms with Crippen molar-refractivity contribution in [1.29, 1.82) is 0 Å². The van der Waals surface area contributed by atoms with Crippen LogP contribution in [-0.2, 0) is 6.42 Å². The lowest BCUT2D eigenvalue weighted by Gasteiger charge is -2.14. The van der Waals surface area contributed by atoms with Gasteiger partial charge in [0, 0.05) is 22.9 Å². The first-order valence-corrected chi connectivity index (χ1v) is 17.9. The van der Waals surface area contributed by atoms with Gasteiger partial charge < -0.3 is 0 Å².